The Morgan fingerprint density at radius 3 is 2.58 bits per heavy atom. The molecule has 2 heterocycles. The molecule has 0 bridgehead atoms. The van der Waals surface area contributed by atoms with Crippen molar-refractivity contribution in [3.8, 4) is 0 Å². The van der Waals surface area contributed by atoms with Gasteiger partial charge < -0.3 is 9.64 Å². The molecule has 0 radical (unpaired) electrons. The summed E-state index contributed by atoms with van der Waals surface area (Å²) in [5, 5.41) is 0. The number of nitrogens with one attached hydrogen (secondary N) is 1. The predicted octanol–water partition coefficient (Wildman–Crippen LogP) is 1.54. The molecule has 128 valence electrons. The number of anilines is 1. The largest absolute Gasteiger partial charge is 0.378 e. The maximum absolute atomic E-state index is 12.2. The first kappa shape index (κ1) is 16.9. The van der Waals surface area contributed by atoms with Crippen molar-refractivity contribution in [2.24, 2.45) is 0 Å². The highest BCUT2D eigenvalue weighted by atomic mass is 32.2. The van der Waals surface area contributed by atoms with Crippen LogP contribution in [0, 0.1) is 0 Å². The van der Waals surface area contributed by atoms with Crippen molar-refractivity contribution in [1.29, 1.82) is 0 Å². The second-order valence-electron chi connectivity index (χ2n) is 5.69. The molecule has 1 aliphatic heterocycles. The molecule has 0 aliphatic carbocycles. The Morgan fingerprint density at radius 1 is 1.08 bits per heavy atom. The first-order valence-electron chi connectivity index (χ1n) is 7.91. The van der Waals surface area contributed by atoms with Gasteiger partial charge in [-0.05, 0) is 23.3 Å². The van der Waals surface area contributed by atoms with Crippen LogP contribution in [0.5, 0.6) is 0 Å². The molecule has 0 atom stereocenters. The van der Waals surface area contributed by atoms with E-state index in [1.54, 1.807) is 6.20 Å². The number of hydrogen-bond acceptors (Lipinski definition) is 5. The number of hydrogen-bond donors (Lipinski definition) is 1. The van der Waals surface area contributed by atoms with Crippen LogP contribution in [0.1, 0.15) is 11.1 Å². The van der Waals surface area contributed by atoms with Crippen molar-refractivity contribution in [3.05, 3.63) is 59.8 Å². The minimum Gasteiger partial charge on any atom is -0.378 e. The Hall–Kier alpha value is -1.96. The van der Waals surface area contributed by atoms with Gasteiger partial charge in [0.2, 0.25) is 10.0 Å². The van der Waals surface area contributed by atoms with E-state index in [4.69, 9.17) is 4.74 Å². The third kappa shape index (κ3) is 4.77. The van der Waals surface area contributed by atoms with E-state index in [-0.39, 0.29) is 12.3 Å². The molecule has 0 spiro atoms. The number of aromatic nitrogens is 1. The number of nitrogens with zero attached hydrogens (tertiary/aromatic N) is 2. The first-order chi connectivity index (χ1) is 11.6. The molecule has 24 heavy (non-hydrogen) atoms. The van der Waals surface area contributed by atoms with Gasteiger partial charge in [-0.2, -0.15) is 0 Å². The van der Waals surface area contributed by atoms with Gasteiger partial charge in [0.15, 0.2) is 0 Å². The highest BCUT2D eigenvalue weighted by Gasteiger charge is 2.14. The molecule has 1 aromatic carbocycles. The molecule has 0 saturated carbocycles. The van der Waals surface area contributed by atoms with Crippen LogP contribution in [0.2, 0.25) is 0 Å². The molecule has 7 heteroatoms. The Bertz CT molecular complexity index is 760. The lowest BCUT2D eigenvalue weighted by Gasteiger charge is -2.28. The maximum atomic E-state index is 12.2. The van der Waals surface area contributed by atoms with Crippen LogP contribution in [0.15, 0.2) is 48.7 Å². The Kier molecular flexibility index (Phi) is 5.44. The van der Waals surface area contributed by atoms with E-state index >= 15 is 0 Å². The van der Waals surface area contributed by atoms with Crippen molar-refractivity contribution in [2.45, 2.75) is 12.3 Å². The van der Waals surface area contributed by atoms with Gasteiger partial charge in [0, 0.05) is 25.8 Å². The number of benzene rings is 1. The predicted molar refractivity (Wildman–Crippen MR) is 93.2 cm³/mol. The zero-order valence-corrected chi connectivity index (χ0v) is 14.2. The van der Waals surface area contributed by atoms with E-state index in [0.717, 1.165) is 30.0 Å². The Labute approximate surface area is 142 Å². The average Bonchev–Trinajstić information content (AvgIpc) is 2.62. The molecule has 1 saturated heterocycles. The normalized spacial score (nSPS) is 15.4. The topological polar surface area (TPSA) is 71.5 Å². The van der Waals surface area contributed by atoms with E-state index < -0.39 is 10.0 Å². The average molecular weight is 347 g/mol. The van der Waals surface area contributed by atoms with Crippen LogP contribution < -0.4 is 9.62 Å². The van der Waals surface area contributed by atoms with Gasteiger partial charge in [0.1, 0.15) is 5.82 Å². The number of pyridine rings is 1. The van der Waals surface area contributed by atoms with Crippen molar-refractivity contribution >= 4 is 15.8 Å². The summed E-state index contributed by atoms with van der Waals surface area (Å²) in [5.74, 6) is 0.841. The van der Waals surface area contributed by atoms with Crippen LogP contribution in [-0.2, 0) is 27.1 Å². The molecular weight excluding hydrogens is 326 g/mol. The molecule has 2 aromatic rings. The first-order valence-corrected chi connectivity index (χ1v) is 9.56. The van der Waals surface area contributed by atoms with Gasteiger partial charge in [0.05, 0.1) is 19.0 Å². The zero-order chi connectivity index (χ0) is 16.8. The fourth-order valence-electron chi connectivity index (χ4n) is 2.57. The summed E-state index contributed by atoms with van der Waals surface area (Å²) < 4.78 is 32.4. The summed E-state index contributed by atoms with van der Waals surface area (Å²) in [6, 6.07) is 12.9. The molecule has 6 nitrogen and oxygen atoms in total. The highest BCUT2D eigenvalue weighted by Crippen LogP contribution is 2.14. The molecule has 1 aromatic heterocycles. The summed E-state index contributed by atoms with van der Waals surface area (Å²) >= 11 is 0. The standard InChI is InChI=1S/C17H21N3O3S/c21-24(22,14-15-4-2-1-3-5-15)19-13-16-6-7-18-17(12-16)20-8-10-23-11-9-20/h1-7,12,19H,8-11,13-14H2. The highest BCUT2D eigenvalue weighted by molar-refractivity contribution is 7.88. The number of morpholine rings is 1. The fraction of sp³-hybridized carbons (Fsp3) is 0.353. The van der Waals surface area contributed by atoms with Crippen LogP contribution >= 0.6 is 0 Å². The zero-order valence-electron chi connectivity index (χ0n) is 13.4. The Balaban J connectivity index is 1.61. The summed E-state index contributed by atoms with van der Waals surface area (Å²) in [5.41, 5.74) is 1.66. The molecule has 0 amide bonds. The summed E-state index contributed by atoms with van der Waals surface area (Å²) in [6.07, 6.45) is 1.71. The number of ether oxygens (including phenoxy) is 1. The molecule has 1 fully saturated rings. The lowest BCUT2D eigenvalue weighted by molar-refractivity contribution is 0.122. The second kappa shape index (κ2) is 7.74. The van der Waals surface area contributed by atoms with E-state index in [0.29, 0.717) is 13.2 Å². The van der Waals surface area contributed by atoms with Crippen LogP contribution in [0.3, 0.4) is 0 Å². The van der Waals surface area contributed by atoms with Gasteiger partial charge in [-0.15, -0.1) is 0 Å². The summed E-state index contributed by atoms with van der Waals surface area (Å²) in [7, 11) is -3.37. The molecular formula is C17H21N3O3S. The van der Waals surface area contributed by atoms with Gasteiger partial charge in [-0.25, -0.2) is 18.1 Å². The minimum absolute atomic E-state index is 0.0186. The number of rotatable bonds is 6. The lowest BCUT2D eigenvalue weighted by Crippen LogP contribution is -2.36. The van der Waals surface area contributed by atoms with Crippen molar-refractivity contribution in [3.63, 3.8) is 0 Å². The van der Waals surface area contributed by atoms with Crippen LogP contribution in [0.4, 0.5) is 5.82 Å². The van der Waals surface area contributed by atoms with E-state index in [1.165, 1.54) is 0 Å². The van der Waals surface area contributed by atoms with Gasteiger partial charge in [-0.3, -0.25) is 0 Å². The van der Waals surface area contributed by atoms with E-state index in [2.05, 4.69) is 14.6 Å². The van der Waals surface area contributed by atoms with Gasteiger partial charge in [-0.1, -0.05) is 30.3 Å². The Morgan fingerprint density at radius 2 is 1.83 bits per heavy atom. The smallest absolute Gasteiger partial charge is 0.216 e. The van der Waals surface area contributed by atoms with E-state index in [1.807, 2.05) is 42.5 Å². The summed E-state index contributed by atoms with van der Waals surface area (Å²) in [6.45, 7) is 3.24. The minimum atomic E-state index is -3.37. The molecule has 3 rings (SSSR count). The third-order valence-electron chi connectivity index (χ3n) is 3.84. The van der Waals surface area contributed by atoms with Gasteiger partial charge in [0.25, 0.3) is 0 Å². The molecule has 1 aliphatic rings. The van der Waals surface area contributed by atoms with Crippen LogP contribution in [-0.4, -0.2) is 39.7 Å². The third-order valence-corrected chi connectivity index (χ3v) is 5.14. The monoisotopic (exact) mass is 347 g/mol. The van der Waals surface area contributed by atoms with Crippen molar-refractivity contribution < 1.29 is 13.2 Å². The van der Waals surface area contributed by atoms with Crippen molar-refractivity contribution in [2.75, 3.05) is 31.2 Å². The van der Waals surface area contributed by atoms with Crippen LogP contribution in [0.25, 0.3) is 0 Å². The second-order valence-corrected chi connectivity index (χ2v) is 7.49. The molecule has 1 N–H and O–H groups in total. The number of sulfonamides is 1. The summed E-state index contributed by atoms with van der Waals surface area (Å²) in [4.78, 5) is 6.51. The lowest BCUT2D eigenvalue weighted by atomic mass is 10.2. The fourth-order valence-corrected chi connectivity index (χ4v) is 3.69. The van der Waals surface area contributed by atoms with Crippen molar-refractivity contribution in [1.82, 2.24) is 9.71 Å². The quantitative estimate of drug-likeness (QED) is 0.858. The molecule has 0 unspecified atom stereocenters. The SMILES string of the molecule is O=S(=O)(Cc1ccccc1)NCc1ccnc(N2CCOCC2)c1. The van der Waals surface area contributed by atoms with Gasteiger partial charge >= 0.3 is 0 Å². The van der Waals surface area contributed by atoms with E-state index in [9.17, 15) is 8.42 Å². The maximum Gasteiger partial charge on any atom is 0.216 e.